The lowest BCUT2D eigenvalue weighted by atomic mass is 10.2. The molecule has 0 aliphatic rings. The van der Waals surface area contributed by atoms with Gasteiger partial charge in [-0.2, -0.15) is 0 Å². The Balaban J connectivity index is 3.08. The maximum atomic E-state index is 10.7. The summed E-state index contributed by atoms with van der Waals surface area (Å²) in [6, 6.07) is 7.66. The van der Waals surface area contributed by atoms with Gasteiger partial charge >= 0.3 is 20.6 Å². The molecule has 1 aromatic carbocycles. The largest absolute Gasteiger partial charge is 0.499 e. The average molecular weight is 267 g/mol. The molecule has 0 saturated carbocycles. The summed E-state index contributed by atoms with van der Waals surface area (Å²) in [6.07, 6.45) is 0. The number of hydrogen-bond acceptors (Lipinski definition) is 4. The highest BCUT2D eigenvalue weighted by atomic mass is 32.3. The van der Waals surface area contributed by atoms with Gasteiger partial charge in [-0.05, 0) is 0 Å². The van der Waals surface area contributed by atoms with Crippen molar-refractivity contribution < 1.29 is 25.9 Å². The normalized spacial score (nSPS) is 12.9. The minimum Gasteiger partial charge on any atom is -0.236 e. The smallest absolute Gasteiger partial charge is 0.236 e. The lowest BCUT2D eigenvalue weighted by Crippen LogP contribution is -2.40. The van der Waals surface area contributed by atoms with E-state index in [4.69, 9.17) is 9.11 Å². The van der Waals surface area contributed by atoms with E-state index in [0.717, 1.165) is 0 Å². The Kier molecular flexibility index (Phi) is 3.65. The van der Waals surface area contributed by atoms with Gasteiger partial charge < -0.3 is 0 Å². The summed E-state index contributed by atoms with van der Waals surface area (Å²) >= 11 is 0. The first-order valence-electron chi connectivity index (χ1n) is 3.98. The first-order valence-corrected chi connectivity index (χ1v) is 6.77. The number of rotatable bonds is 4. The molecule has 0 unspecified atom stereocenters. The number of benzene rings is 1. The van der Waals surface area contributed by atoms with Crippen LogP contribution in [0.3, 0.4) is 0 Å². The second-order valence-electron chi connectivity index (χ2n) is 2.87. The van der Waals surface area contributed by atoms with E-state index < -0.39 is 30.9 Å². The van der Waals surface area contributed by atoms with E-state index in [0.29, 0.717) is 5.56 Å². The Morgan fingerprint density at radius 3 is 1.75 bits per heavy atom. The minimum absolute atomic E-state index is 0.303. The molecule has 1 aromatic rings. The van der Waals surface area contributed by atoms with Gasteiger partial charge in [-0.25, -0.2) is 9.11 Å². The van der Waals surface area contributed by atoms with E-state index in [1.807, 2.05) is 0 Å². The van der Waals surface area contributed by atoms with Gasteiger partial charge in [-0.3, -0.25) is 0 Å². The van der Waals surface area contributed by atoms with Crippen molar-refractivity contribution in [2.45, 2.75) is 6.54 Å². The lowest BCUT2D eigenvalue weighted by Gasteiger charge is -2.03. The minimum atomic E-state index is -5.03. The van der Waals surface area contributed by atoms with Crippen molar-refractivity contribution in [3.63, 3.8) is 0 Å². The van der Waals surface area contributed by atoms with Crippen LogP contribution in [-0.2, 0) is 27.2 Å². The van der Waals surface area contributed by atoms with Gasteiger partial charge in [0.1, 0.15) is 3.71 Å². The van der Waals surface area contributed by atoms with E-state index in [2.05, 4.69) is 0 Å². The van der Waals surface area contributed by atoms with Gasteiger partial charge in [0, 0.05) is 5.56 Å². The molecule has 0 bridgehead atoms. The van der Waals surface area contributed by atoms with Crippen molar-refractivity contribution in [2.75, 3.05) is 0 Å². The van der Waals surface area contributed by atoms with E-state index in [-0.39, 0.29) is 0 Å². The predicted octanol–water partition coefficient (Wildman–Crippen LogP) is -0.0677. The van der Waals surface area contributed by atoms with E-state index in [9.17, 15) is 16.8 Å². The van der Waals surface area contributed by atoms with Crippen LogP contribution in [0.25, 0.3) is 0 Å². The molecule has 1 radical (unpaired) electrons. The highest BCUT2D eigenvalue weighted by Crippen LogP contribution is 2.08. The van der Waals surface area contributed by atoms with E-state index in [1.165, 1.54) is 12.1 Å². The molecule has 0 spiro atoms. The molecule has 1 rings (SSSR count). The summed E-state index contributed by atoms with van der Waals surface area (Å²) in [7, 11) is -10.1. The fraction of sp³-hybridized carbons (Fsp3) is 0.143. The van der Waals surface area contributed by atoms with Gasteiger partial charge in [-0.15, -0.1) is 16.8 Å². The van der Waals surface area contributed by atoms with Gasteiger partial charge in [-0.1, -0.05) is 30.3 Å². The molecule has 0 aliphatic heterocycles. The summed E-state index contributed by atoms with van der Waals surface area (Å²) in [5.41, 5.74) is 0.303. The van der Waals surface area contributed by atoms with Crippen molar-refractivity contribution in [1.82, 2.24) is 3.71 Å². The van der Waals surface area contributed by atoms with E-state index in [1.54, 1.807) is 18.2 Å². The molecular formula is C7H9NO6S2+. The van der Waals surface area contributed by atoms with Crippen molar-refractivity contribution in [2.24, 2.45) is 0 Å². The van der Waals surface area contributed by atoms with Gasteiger partial charge in [0.25, 0.3) is 0 Å². The Hall–Kier alpha value is -1.00. The third-order valence-electron chi connectivity index (χ3n) is 1.67. The summed E-state index contributed by atoms with van der Waals surface area (Å²) < 4.78 is 59.8. The van der Waals surface area contributed by atoms with E-state index >= 15 is 0 Å². The molecule has 9 heteroatoms. The van der Waals surface area contributed by atoms with Crippen LogP contribution in [0.4, 0.5) is 0 Å². The Bertz CT molecular complexity index is 518. The first-order chi connectivity index (χ1) is 7.21. The van der Waals surface area contributed by atoms with Crippen LogP contribution in [0.2, 0.25) is 0 Å². The highest BCUT2D eigenvalue weighted by Gasteiger charge is 2.43. The van der Waals surface area contributed by atoms with Crippen LogP contribution in [-0.4, -0.2) is 25.9 Å². The molecule has 0 amide bonds. The third kappa shape index (κ3) is 3.54. The van der Waals surface area contributed by atoms with Gasteiger partial charge in [0.05, 0.1) is 0 Å². The van der Waals surface area contributed by atoms with Crippen LogP contribution in [0.15, 0.2) is 30.3 Å². The maximum Gasteiger partial charge on any atom is 0.499 e. The third-order valence-corrected chi connectivity index (χ3v) is 4.09. The Morgan fingerprint density at radius 1 is 0.938 bits per heavy atom. The molecular weight excluding hydrogens is 258 g/mol. The van der Waals surface area contributed by atoms with Gasteiger partial charge in [0.2, 0.25) is 0 Å². The molecule has 89 valence electrons. The number of nitrogens with zero attached hydrogens (tertiary/aromatic N) is 1. The summed E-state index contributed by atoms with van der Waals surface area (Å²) in [6.45, 7) is -0.668. The molecule has 0 saturated heterocycles. The molecule has 0 heterocycles. The van der Waals surface area contributed by atoms with Crippen LogP contribution < -0.4 is 3.71 Å². The summed E-state index contributed by atoms with van der Waals surface area (Å²) in [5.74, 6) is 0. The van der Waals surface area contributed by atoms with Crippen LogP contribution in [0.5, 0.6) is 0 Å². The van der Waals surface area contributed by atoms with Crippen molar-refractivity contribution in [3.05, 3.63) is 35.9 Å². The number of hydrogen-bond donors (Lipinski definition) is 2. The Morgan fingerprint density at radius 2 is 1.38 bits per heavy atom. The summed E-state index contributed by atoms with van der Waals surface area (Å²) in [5, 5.41) is 0. The fourth-order valence-electron chi connectivity index (χ4n) is 1.01. The molecule has 7 nitrogen and oxygen atoms in total. The quantitative estimate of drug-likeness (QED) is 0.583. The standard InChI is InChI=1S/C7H9NO6S2/c9-15(10,11)8(16(12,13)14)6-7-4-2-1-3-5-7/h1-5H,6H2,(H,9,10,11)(H,12,13,14)/q+1. The zero-order valence-electron chi connectivity index (χ0n) is 7.88. The second-order valence-corrected chi connectivity index (χ2v) is 5.78. The zero-order chi connectivity index (χ0) is 12.4. The molecule has 16 heavy (non-hydrogen) atoms. The highest BCUT2D eigenvalue weighted by molar-refractivity contribution is 8.00. The SMILES string of the molecule is O=S(=O)(O)[N+](Cc1ccccc1)S(=O)(=O)O. The maximum absolute atomic E-state index is 10.7. The zero-order valence-corrected chi connectivity index (χ0v) is 9.52. The van der Waals surface area contributed by atoms with Crippen molar-refractivity contribution in [3.8, 4) is 0 Å². The summed E-state index contributed by atoms with van der Waals surface area (Å²) in [4.78, 5) is 0. The van der Waals surface area contributed by atoms with Gasteiger partial charge in [0.15, 0.2) is 6.54 Å². The predicted molar refractivity (Wildman–Crippen MR) is 55.4 cm³/mol. The monoisotopic (exact) mass is 267 g/mol. The topological polar surface area (TPSA) is 115 Å². The van der Waals surface area contributed by atoms with Crippen LogP contribution in [0.1, 0.15) is 5.56 Å². The van der Waals surface area contributed by atoms with Crippen LogP contribution in [0, 0.1) is 0 Å². The first kappa shape index (κ1) is 13.1. The lowest BCUT2D eigenvalue weighted by molar-refractivity contribution is 0.417. The average Bonchev–Trinajstić information content (AvgIpc) is 2.12. The molecule has 0 fully saturated rings. The van der Waals surface area contributed by atoms with Crippen LogP contribution >= 0.6 is 0 Å². The van der Waals surface area contributed by atoms with Crippen molar-refractivity contribution >= 4 is 20.6 Å². The molecule has 0 atom stereocenters. The molecule has 0 aromatic heterocycles. The fourth-order valence-corrected chi connectivity index (χ4v) is 2.59. The molecule has 2 N–H and O–H groups in total. The second kappa shape index (κ2) is 4.47. The Labute approximate surface area is 93.1 Å². The molecule has 0 aliphatic carbocycles. The van der Waals surface area contributed by atoms with Crippen molar-refractivity contribution in [1.29, 1.82) is 0 Å².